The monoisotopic (exact) mass is 352 g/mol. The van der Waals surface area contributed by atoms with Gasteiger partial charge in [0.25, 0.3) is 5.56 Å². The average molecular weight is 352 g/mol. The normalized spacial score (nSPS) is 11.7. The van der Waals surface area contributed by atoms with Crippen molar-refractivity contribution in [2.45, 2.75) is 13.5 Å². The predicted octanol–water partition coefficient (Wildman–Crippen LogP) is 1.46. The van der Waals surface area contributed by atoms with Gasteiger partial charge in [0, 0.05) is 20.6 Å². The Balaban J connectivity index is 2.14. The number of hydrogen-bond acceptors (Lipinski definition) is 5. The van der Waals surface area contributed by atoms with Crippen LogP contribution >= 0.6 is 0 Å². The second-order valence-electron chi connectivity index (χ2n) is 5.89. The third kappa shape index (κ3) is 2.85. The number of aromatic nitrogens is 4. The molecule has 0 aliphatic rings. The minimum atomic E-state index is -0.429. The molecule has 0 radical (unpaired) electrons. The van der Waals surface area contributed by atoms with Crippen LogP contribution in [0, 0.1) is 0 Å². The van der Waals surface area contributed by atoms with Gasteiger partial charge in [-0.15, -0.1) is 6.58 Å². The zero-order valence-electron chi connectivity index (χ0n) is 14.9. The van der Waals surface area contributed by atoms with Crippen molar-refractivity contribution in [3.8, 4) is 0 Å². The Hall–Kier alpha value is -3.42. The van der Waals surface area contributed by atoms with Crippen LogP contribution in [0.1, 0.15) is 12.5 Å². The van der Waals surface area contributed by atoms with Crippen LogP contribution in [-0.2, 0) is 20.6 Å². The molecule has 0 amide bonds. The number of fused-ring (bicyclic) bond motifs is 1. The largest absolute Gasteiger partial charge is 0.332 e. The van der Waals surface area contributed by atoms with E-state index in [-0.39, 0.29) is 0 Å². The Kier molecular flexibility index (Phi) is 4.57. The first-order valence-electron chi connectivity index (χ1n) is 8.08. The van der Waals surface area contributed by atoms with Gasteiger partial charge in [0.05, 0.1) is 5.71 Å². The standard InChI is InChI=1S/C18H20N6O2/c1-5-11-24-14-15(22(3)18(26)23(4)16(14)25)19-17(24)21-20-12(2)13-9-7-6-8-10-13/h5-10H,1,11H2,2-4H3,(H,19,21)/b20-12+. The van der Waals surface area contributed by atoms with Crippen molar-refractivity contribution < 1.29 is 0 Å². The van der Waals surface area contributed by atoms with Crippen molar-refractivity contribution in [1.29, 1.82) is 0 Å². The van der Waals surface area contributed by atoms with Crippen LogP contribution < -0.4 is 16.7 Å². The fourth-order valence-corrected chi connectivity index (χ4v) is 2.72. The minimum absolute atomic E-state index is 0.301. The lowest BCUT2D eigenvalue weighted by atomic mass is 10.1. The molecule has 1 aromatic carbocycles. The Morgan fingerprint density at radius 3 is 2.58 bits per heavy atom. The number of benzene rings is 1. The molecule has 0 aliphatic heterocycles. The van der Waals surface area contributed by atoms with Gasteiger partial charge < -0.3 is 0 Å². The van der Waals surface area contributed by atoms with E-state index in [1.807, 2.05) is 37.3 Å². The first kappa shape index (κ1) is 17.4. The summed E-state index contributed by atoms with van der Waals surface area (Å²) in [6.07, 6.45) is 1.66. The second-order valence-corrected chi connectivity index (χ2v) is 5.89. The molecule has 2 heterocycles. The van der Waals surface area contributed by atoms with E-state index in [1.54, 1.807) is 17.7 Å². The van der Waals surface area contributed by atoms with Gasteiger partial charge in [-0.2, -0.15) is 10.1 Å². The van der Waals surface area contributed by atoms with E-state index in [1.165, 1.54) is 11.6 Å². The highest BCUT2D eigenvalue weighted by Crippen LogP contribution is 2.16. The summed E-state index contributed by atoms with van der Waals surface area (Å²) in [7, 11) is 3.03. The molecule has 0 bridgehead atoms. The third-order valence-corrected chi connectivity index (χ3v) is 4.17. The van der Waals surface area contributed by atoms with Gasteiger partial charge in [-0.25, -0.2) is 10.2 Å². The van der Waals surface area contributed by atoms with E-state index in [2.05, 4.69) is 22.1 Å². The number of hydrogen-bond donors (Lipinski definition) is 1. The van der Waals surface area contributed by atoms with Crippen molar-refractivity contribution >= 4 is 22.8 Å². The predicted molar refractivity (Wildman–Crippen MR) is 103 cm³/mol. The molecule has 0 saturated carbocycles. The summed E-state index contributed by atoms with van der Waals surface area (Å²) in [5.41, 5.74) is 4.43. The molecule has 1 N–H and O–H groups in total. The first-order valence-corrected chi connectivity index (χ1v) is 8.08. The summed E-state index contributed by atoms with van der Waals surface area (Å²) in [5, 5.41) is 4.36. The zero-order chi connectivity index (χ0) is 18.8. The van der Waals surface area contributed by atoms with E-state index in [4.69, 9.17) is 0 Å². The molecule has 8 heteroatoms. The van der Waals surface area contributed by atoms with E-state index in [0.717, 1.165) is 15.8 Å². The minimum Gasteiger partial charge on any atom is -0.299 e. The smallest absolute Gasteiger partial charge is 0.299 e. The van der Waals surface area contributed by atoms with Crippen LogP contribution in [0.5, 0.6) is 0 Å². The van der Waals surface area contributed by atoms with Crippen molar-refractivity contribution in [2.24, 2.45) is 19.2 Å². The average Bonchev–Trinajstić information content (AvgIpc) is 3.02. The summed E-state index contributed by atoms with van der Waals surface area (Å²) in [6, 6.07) is 9.70. The number of nitrogens with one attached hydrogen (secondary N) is 1. The fourth-order valence-electron chi connectivity index (χ4n) is 2.72. The lowest BCUT2D eigenvalue weighted by Gasteiger charge is -2.07. The summed E-state index contributed by atoms with van der Waals surface area (Å²) in [6.45, 7) is 5.95. The summed E-state index contributed by atoms with van der Waals surface area (Å²) in [5.74, 6) is 0.369. The number of rotatable bonds is 5. The van der Waals surface area contributed by atoms with Crippen LogP contribution in [0.2, 0.25) is 0 Å². The lowest BCUT2D eigenvalue weighted by molar-refractivity contribution is 0.703. The number of hydrazone groups is 1. The summed E-state index contributed by atoms with van der Waals surface area (Å²) >= 11 is 0. The Bertz CT molecular complexity index is 1120. The van der Waals surface area contributed by atoms with Crippen molar-refractivity contribution in [1.82, 2.24) is 18.7 Å². The van der Waals surface area contributed by atoms with Crippen molar-refractivity contribution in [3.63, 3.8) is 0 Å². The Morgan fingerprint density at radius 1 is 1.23 bits per heavy atom. The zero-order valence-corrected chi connectivity index (χ0v) is 14.9. The van der Waals surface area contributed by atoms with Crippen molar-refractivity contribution in [3.05, 3.63) is 69.4 Å². The molecule has 0 saturated heterocycles. The van der Waals surface area contributed by atoms with Gasteiger partial charge in [-0.1, -0.05) is 36.4 Å². The maximum atomic E-state index is 12.6. The maximum absolute atomic E-state index is 12.6. The van der Waals surface area contributed by atoms with E-state index >= 15 is 0 Å². The quantitative estimate of drug-likeness (QED) is 0.428. The molecule has 3 rings (SSSR count). The van der Waals surface area contributed by atoms with Crippen LogP contribution in [0.3, 0.4) is 0 Å². The summed E-state index contributed by atoms with van der Waals surface area (Å²) < 4.78 is 4.06. The molecule has 8 nitrogen and oxygen atoms in total. The van der Waals surface area contributed by atoms with Gasteiger partial charge in [0.1, 0.15) is 0 Å². The molecule has 0 aliphatic carbocycles. The van der Waals surface area contributed by atoms with E-state index < -0.39 is 11.2 Å². The molecule has 26 heavy (non-hydrogen) atoms. The molecule has 134 valence electrons. The molecule has 2 aromatic heterocycles. The molecule has 0 spiro atoms. The molecular weight excluding hydrogens is 332 g/mol. The van der Waals surface area contributed by atoms with Crippen LogP contribution in [-0.4, -0.2) is 24.4 Å². The summed E-state index contributed by atoms with van der Waals surface area (Å²) in [4.78, 5) is 29.1. The molecule has 3 aromatic rings. The Labute approximate surface area is 149 Å². The van der Waals surface area contributed by atoms with Crippen LogP contribution in [0.15, 0.2) is 57.7 Å². The number of aryl methyl sites for hydroxylation is 1. The maximum Gasteiger partial charge on any atom is 0.332 e. The van der Waals surface area contributed by atoms with E-state index in [9.17, 15) is 9.59 Å². The molecular formula is C18H20N6O2. The lowest BCUT2D eigenvalue weighted by Crippen LogP contribution is -2.37. The van der Waals surface area contributed by atoms with Gasteiger partial charge in [-0.05, 0) is 12.5 Å². The van der Waals surface area contributed by atoms with Crippen LogP contribution in [0.4, 0.5) is 5.95 Å². The van der Waals surface area contributed by atoms with E-state index in [0.29, 0.717) is 23.7 Å². The molecule has 0 atom stereocenters. The highest BCUT2D eigenvalue weighted by atomic mass is 16.2. The molecule has 0 unspecified atom stereocenters. The van der Waals surface area contributed by atoms with Gasteiger partial charge in [0.15, 0.2) is 11.2 Å². The highest BCUT2D eigenvalue weighted by Gasteiger charge is 2.18. The van der Waals surface area contributed by atoms with Gasteiger partial charge in [0.2, 0.25) is 5.95 Å². The van der Waals surface area contributed by atoms with Gasteiger partial charge >= 0.3 is 5.69 Å². The molecule has 0 fully saturated rings. The van der Waals surface area contributed by atoms with Gasteiger partial charge in [-0.3, -0.25) is 18.5 Å². The highest BCUT2D eigenvalue weighted by molar-refractivity contribution is 5.99. The number of imidazole rings is 1. The number of anilines is 1. The van der Waals surface area contributed by atoms with Crippen molar-refractivity contribution in [2.75, 3.05) is 5.43 Å². The second kappa shape index (κ2) is 6.83. The number of nitrogens with zero attached hydrogens (tertiary/aromatic N) is 5. The third-order valence-electron chi connectivity index (χ3n) is 4.17. The fraction of sp³-hybridized carbons (Fsp3) is 0.222. The first-order chi connectivity index (χ1) is 12.5. The van der Waals surface area contributed by atoms with Crippen LogP contribution in [0.25, 0.3) is 11.2 Å². The topological polar surface area (TPSA) is 86.2 Å². The SMILES string of the molecule is C=CCn1c(N/N=C(\C)c2ccccc2)nc2c1c(=O)n(C)c(=O)n2C. The number of allylic oxidation sites excluding steroid dienone is 1. The Morgan fingerprint density at radius 2 is 1.92 bits per heavy atom.